The monoisotopic (exact) mass is 1000 g/mol. The first-order valence-electron chi connectivity index (χ1n) is 27.9. The summed E-state index contributed by atoms with van der Waals surface area (Å²) in [6.45, 7) is 23.7. The number of esters is 2. The van der Waals surface area contributed by atoms with Gasteiger partial charge in [-0.25, -0.2) is 0 Å². The van der Waals surface area contributed by atoms with Gasteiger partial charge in [-0.05, 0) is 88.1 Å². The molecule has 0 spiro atoms. The number of likely N-dealkylation sites (tertiary alicyclic amines) is 1. The van der Waals surface area contributed by atoms with E-state index in [9.17, 15) is 9.59 Å². The van der Waals surface area contributed by atoms with Gasteiger partial charge in [-0.2, -0.15) is 0 Å². The van der Waals surface area contributed by atoms with Crippen molar-refractivity contribution in [1.82, 2.24) is 10.2 Å². The van der Waals surface area contributed by atoms with Crippen molar-refractivity contribution in [2.24, 2.45) is 23.7 Å². The normalized spacial score (nSPS) is 14.6. The van der Waals surface area contributed by atoms with Crippen molar-refractivity contribution < 1.29 is 43.2 Å². The van der Waals surface area contributed by atoms with Crippen LogP contribution < -0.4 is 5.32 Å². The second-order valence-electron chi connectivity index (χ2n) is 20.4. The summed E-state index contributed by atoms with van der Waals surface area (Å²) in [5, 5.41) is 10.5. The lowest BCUT2D eigenvalue weighted by Gasteiger charge is -2.19. The van der Waals surface area contributed by atoms with E-state index in [1.807, 2.05) is 21.6 Å². The fraction of sp³-hybridized carbons (Fsp3) is 0.945. The molecule has 1 aliphatic rings. The van der Waals surface area contributed by atoms with Crippen LogP contribution in [0.5, 0.6) is 0 Å². The zero-order chi connectivity index (χ0) is 50.0. The molecule has 13 heteroatoms. The smallest absolute Gasteiger partial charge is 0.305 e. The van der Waals surface area contributed by atoms with Crippen molar-refractivity contribution in [3.8, 4) is 0 Å². The Labute approximate surface area is 426 Å². The van der Waals surface area contributed by atoms with Crippen LogP contribution in [0.4, 0.5) is 0 Å². The Kier molecular flexibility index (Phi) is 51.4. The molecule has 0 saturated carbocycles. The van der Waals surface area contributed by atoms with Crippen LogP contribution >= 0.6 is 21.6 Å². The minimum absolute atomic E-state index is 0.0253. The van der Waals surface area contributed by atoms with E-state index in [0.29, 0.717) is 44.5 Å². The Balaban J connectivity index is 0.0000145. The first-order chi connectivity index (χ1) is 33.1. The minimum atomic E-state index is -0.250. The lowest BCUT2D eigenvalue weighted by Crippen LogP contribution is -2.34. The second kappa shape index (κ2) is 52.2. The van der Waals surface area contributed by atoms with Crippen LogP contribution in [-0.4, -0.2) is 125 Å². The third-order valence-corrected chi connectivity index (χ3v) is 15.1. The van der Waals surface area contributed by atoms with Crippen molar-refractivity contribution in [2.75, 3.05) is 90.5 Å². The highest BCUT2D eigenvalue weighted by atomic mass is 33.1. The molecule has 1 heterocycles. The van der Waals surface area contributed by atoms with Gasteiger partial charge in [-0.1, -0.05) is 172 Å². The second-order valence-corrected chi connectivity index (χ2v) is 23.1. The zero-order valence-electron chi connectivity index (χ0n) is 44.9. The van der Waals surface area contributed by atoms with E-state index in [0.717, 1.165) is 134 Å². The van der Waals surface area contributed by atoms with E-state index in [-0.39, 0.29) is 24.5 Å². The van der Waals surface area contributed by atoms with Gasteiger partial charge in [0.05, 0.1) is 39.1 Å². The van der Waals surface area contributed by atoms with Crippen LogP contribution in [0.25, 0.3) is 0 Å². The maximum Gasteiger partial charge on any atom is 0.305 e. The SMILES string of the molecule is CC(C)CCCC(C)CCOC(=O)CCCCCCCCCOCC(CNCCSSCCOCCN1CCCCCC1)OCCCCCCCCC(=O)OCCC(C)CCCC(C)C.O=CO. The number of carbonyl (C=O) groups is 3. The summed E-state index contributed by atoms with van der Waals surface area (Å²) in [5.41, 5.74) is 0. The van der Waals surface area contributed by atoms with Gasteiger partial charge in [-0.15, -0.1) is 0 Å². The molecule has 0 aromatic heterocycles. The lowest BCUT2D eigenvalue weighted by atomic mass is 9.98. The average molecular weight is 1010 g/mol. The van der Waals surface area contributed by atoms with Gasteiger partial charge in [0.2, 0.25) is 0 Å². The van der Waals surface area contributed by atoms with Crippen molar-refractivity contribution >= 4 is 40.0 Å². The molecule has 2 N–H and O–H groups in total. The van der Waals surface area contributed by atoms with E-state index in [1.165, 1.54) is 109 Å². The Morgan fingerprint density at radius 1 is 0.559 bits per heavy atom. The number of hydrogen-bond donors (Lipinski definition) is 2. The third-order valence-electron chi connectivity index (χ3n) is 12.7. The van der Waals surface area contributed by atoms with E-state index < -0.39 is 0 Å². The summed E-state index contributed by atoms with van der Waals surface area (Å²) >= 11 is 0. The van der Waals surface area contributed by atoms with Gasteiger partial charge in [0, 0.05) is 57.2 Å². The Bertz CT molecular complexity index is 1080. The molecule has 1 saturated heterocycles. The molecule has 1 aliphatic heterocycles. The van der Waals surface area contributed by atoms with Crippen LogP contribution in [0.15, 0.2) is 0 Å². The molecule has 3 atom stereocenters. The highest BCUT2D eigenvalue weighted by Gasteiger charge is 2.12. The summed E-state index contributed by atoms with van der Waals surface area (Å²) in [6, 6.07) is 0. The van der Waals surface area contributed by atoms with Crippen LogP contribution in [0.3, 0.4) is 0 Å². The standard InChI is InChI=1S/C54H106N2O7S2.CH2O2/c1-48(2)26-24-28-50(5)32-40-62-53(57)30-18-12-8-7-10-16-22-38-60-47-52(46-55-34-44-64-65-45-43-59-42-37-56-35-20-14-15-21-36-56)61-39-23-17-11-9-13-19-31-54(58)63-41-33-51(6)29-25-27-49(3)4;2-1-3/h48-52,55H,7-47H2,1-6H3;1H,(H,2,3). The van der Waals surface area contributed by atoms with Crippen molar-refractivity contribution in [3.05, 3.63) is 0 Å². The summed E-state index contributed by atoms with van der Waals surface area (Å²) in [6.07, 6.45) is 30.6. The summed E-state index contributed by atoms with van der Waals surface area (Å²) in [5.74, 6) is 4.82. The molecule has 1 fully saturated rings. The fourth-order valence-corrected chi connectivity index (χ4v) is 10.1. The first kappa shape index (κ1) is 66.9. The van der Waals surface area contributed by atoms with Crippen molar-refractivity contribution in [2.45, 2.75) is 221 Å². The van der Waals surface area contributed by atoms with Gasteiger partial charge in [-0.3, -0.25) is 14.4 Å². The number of ether oxygens (including phenoxy) is 5. The molecule has 0 bridgehead atoms. The lowest BCUT2D eigenvalue weighted by molar-refractivity contribution is -0.145. The number of carbonyl (C=O) groups excluding carboxylic acids is 2. The Morgan fingerprint density at radius 3 is 1.57 bits per heavy atom. The maximum atomic E-state index is 12.2. The third kappa shape index (κ3) is 51.3. The largest absolute Gasteiger partial charge is 0.483 e. The Hall–Kier alpha value is -1.09. The predicted molar refractivity (Wildman–Crippen MR) is 289 cm³/mol. The molecule has 1 rings (SSSR count). The summed E-state index contributed by atoms with van der Waals surface area (Å²) in [4.78, 5) is 35.3. The number of nitrogens with zero attached hydrogens (tertiary/aromatic N) is 1. The molecule has 3 unspecified atom stereocenters. The van der Waals surface area contributed by atoms with Gasteiger partial charge in [0.15, 0.2) is 0 Å². The molecule has 0 amide bonds. The van der Waals surface area contributed by atoms with Crippen LogP contribution in [-0.2, 0) is 38.1 Å². The van der Waals surface area contributed by atoms with Crippen LogP contribution in [0.1, 0.15) is 215 Å². The zero-order valence-corrected chi connectivity index (χ0v) is 46.6. The number of nitrogens with one attached hydrogen (secondary N) is 1. The molecular formula is C55H108N2O9S2. The van der Waals surface area contributed by atoms with E-state index >= 15 is 0 Å². The molecule has 68 heavy (non-hydrogen) atoms. The first-order valence-corrected chi connectivity index (χ1v) is 30.4. The molecule has 0 radical (unpaired) electrons. The predicted octanol–water partition coefficient (Wildman–Crippen LogP) is 13.6. The summed E-state index contributed by atoms with van der Waals surface area (Å²) in [7, 11) is 3.83. The molecule has 0 aromatic carbocycles. The maximum absolute atomic E-state index is 12.2. The van der Waals surface area contributed by atoms with Crippen molar-refractivity contribution in [3.63, 3.8) is 0 Å². The molecule has 0 aromatic rings. The Morgan fingerprint density at radius 2 is 1.04 bits per heavy atom. The average Bonchev–Trinajstić information content (AvgIpc) is 3.58. The quantitative estimate of drug-likeness (QED) is 0.0260. The number of rotatable bonds is 48. The summed E-state index contributed by atoms with van der Waals surface area (Å²) < 4.78 is 29.5. The van der Waals surface area contributed by atoms with Crippen LogP contribution in [0, 0.1) is 23.7 Å². The minimum Gasteiger partial charge on any atom is -0.483 e. The van der Waals surface area contributed by atoms with Gasteiger partial charge < -0.3 is 39.0 Å². The van der Waals surface area contributed by atoms with E-state index in [1.54, 1.807) is 0 Å². The van der Waals surface area contributed by atoms with E-state index in [2.05, 4.69) is 51.8 Å². The van der Waals surface area contributed by atoms with Crippen molar-refractivity contribution in [1.29, 1.82) is 0 Å². The van der Waals surface area contributed by atoms with Gasteiger partial charge in [0.1, 0.15) is 0 Å². The van der Waals surface area contributed by atoms with Gasteiger partial charge >= 0.3 is 11.9 Å². The fourth-order valence-electron chi connectivity index (χ4n) is 8.24. The van der Waals surface area contributed by atoms with Gasteiger partial charge in [0.25, 0.3) is 6.47 Å². The molecular weight excluding hydrogens is 897 g/mol. The van der Waals surface area contributed by atoms with Crippen LogP contribution in [0.2, 0.25) is 0 Å². The number of carboxylic acid groups (broad SMARTS) is 1. The molecule has 404 valence electrons. The highest BCUT2D eigenvalue weighted by molar-refractivity contribution is 8.76. The number of hydrogen-bond acceptors (Lipinski definition) is 12. The number of unbranched alkanes of at least 4 members (excludes halogenated alkanes) is 11. The molecule has 11 nitrogen and oxygen atoms in total. The molecule has 0 aliphatic carbocycles. The topological polar surface area (TPSA) is 133 Å². The van der Waals surface area contributed by atoms with E-state index in [4.69, 9.17) is 33.6 Å². The highest BCUT2D eigenvalue weighted by Crippen LogP contribution is 2.20.